The lowest BCUT2D eigenvalue weighted by Gasteiger charge is -2.06. The third kappa shape index (κ3) is 3.65. The van der Waals surface area contributed by atoms with Gasteiger partial charge in [-0.25, -0.2) is 0 Å². The molecule has 0 unspecified atom stereocenters. The van der Waals surface area contributed by atoms with Gasteiger partial charge in [-0.1, -0.05) is 0 Å². The molecule has 2 rings (SSSR count). The minimum atomic E-state index is 0.737. The molecule has 2 heterocycles. The fourth-order valence-electron chi connectivity index (χ4n) is 2.09. The number of thiophene rings is 1. The molecule has 0 aliphatic carbocycles. The normalized spacial score (nSPS) is 11.1. The Morgan fingerprint density at radius 2 is 2.26 bits per heavy atom. The summed E-state index contributed by atoms with van der Waals surface area (Å²) in [5.41, 5.74) is 4.96. The molecule has 2 aromatic heterocycles. The van der Waals surface area contributed by atoms with Crippen LogP contribution in [0, 0.1) is 13.8 Å². The van der Waals surface area contributed by atoms with Gasteiger partial charge in [0.25, 0.3) is 0 Å². The number of hydrogen-bond donors (Lipinski definition) is 1. The summed E-state index contributed by atoms with van der Waals surface area (Å²) in [6, 6.07) is 2.15. The van der Waals surface area contributed by atoms with Crippen molar-refractivity contribution in [3.8, 4) is 0 Å². The second-order valence-electron chi connectivity index (χ2n) is 4.61. The SMILES string of the molecule is COCCNCc1c(C)nn(Cc2ccsc2)c1C. The van der Waals surface area contributed by atoms with Crippen molar-refractivity contribution >= 4 is 11.3 Å². The third-order valence-electron chi connectivity index (χ3n) is 3.23. The van der Waals surface area contributed by atoms with Gasteiger partial charge in [0.05, 0.1) is 18.8 Å². The van der Waals surface area contributed by atoms with Crippen molar-refractivity contribution in [3.05, 3.63) is 39.3 Å². The molecular weight excluding hydrogens is 258 g/mol. The number of rotatable bonds is 7. The van der Waals surface area contributed by atoms with E-state index in [0.29, 0.717) is 0 Å². The molecule has 104 valence electrons. The number of aryl methyl sites for hydroxylation is 1. The van der Waals surface area contributed by atoms with Crippen LogP contribution in [0.3, 0.4) is 0 Å². The number of methoxy groups -OCH3 is 1. The van der Waals surface area contributed by atoms with E-state index >= 15 is 0 Å². The molecule has 0 atom stereocenters. The molecule has 0 amide bonds. The third-order valence-corrected chi connectivity index (χ3v) is 3.96. The Labute approximate surface area is 118 Å². The largest absolute Gasteiger partial charge is 0.383 e. The number of aromatic nitrogens is 2. The van der Waals surface area contributed by atoms with Crippen molar-refractivity contribution in [1.82, 2.24) is 15.1 Å². The average Bonchev–Trinajstić information content (AvgIpc) is 2.98. The van der Waals surface area contributed by atoms with Crippen LogP contribution in [-0.2, 0) is 17.8 Å². The van der Waals surface area contributed by atoms with Crippen molar-refractivity contribution in [3.63, 3.8) is 0 Å². The summed E-state index contributed by atoms with van der Waals surface area (Å²) in [7, 11) is 1.72. The highest BCUT2D eigenvalue weighted by molar-refractivity contribution is 7.07. The molecule has 0 bridgehead atoms. The summed E-state index contributed by atoms with van der Waals surface area (Å²) in [5, 5.41) is 12.3. The lowest BCUT2D eigenvalue weighted by molar-refractivity contribution is 0.199. The van der Waals surface area contributed by atoms with Gasteiger partial charge in [0, 0.05) is 31.5 Å². The number of nitrogens with one attached hydrogen (secondary N) is 1. The maximum absolute atomic E-state index is 5.03. The Morgan fingerprint density at radius 3 is 2.95 bits per heavy atom. The lowest BCUT2D eigenvalue weighted by atomic mass is 10.2. The first-order chi connectivity index (χ1) is 9.22. The van der Waals surface area contributed by atoms with Crippen LogP contribution >= 0.6 is 11.3 Å². The molecule has 0 aromatic carbocycles. The van der Waals surface area contributed by atoms with E-state index in [4.69, 9.17) is 4.74 Å². The molecule has 0 aliphatic heterocycles. The van der Waals surface area contributed by atoms with Gasteiger partial charge in [0.1, 0.15) is 0 Å². The van der Waals surface area contributed by atoms with Gasteiger partial charge in [-0.15, -0.1) is 0 Å². The van der Waals surface area contributed by atoms with E-state index in [1.807, 2.05) is 0 Å². The van der Waals surface area contributed by atoms with E-state index in [9.17, 15) is 0 Å². The zero-order valence-corrected chi connectivity index (χ0v) is 12.6. The summed E-state index contributed by atoms with van der Waals surface area (Å²) >= 11 is 1.73. The quantitative estimate of drug-likeness (QED) is 0.791. The molecular formula is C14H21N3OS. The van der Waals surface area contributed by atoms with Gasteiger partial charge < -0.3 is 10.1 Å². The molecule has 1 N–H and O–H groups in total. The minimum absolute atomic E-state index is 0.737. The number of ether oxygens (including phenoxy) is 1. The summed E-state index contributed by atoms with van der Waals surface area (Å²) in [6.45, 7) is 7.52. The lowest BCUT2D eigenvalue weighted by Crippen LogP contribution is -2.19. The fourth-order valence-corrected chi connectivity index (χ4v) is 2.75. The number of nitrogens with zero attached hydrogens (tertiary/aromatic N) is 2. The second-order valence-corrected chi connectivity index (χ2v) is 5.39. The van der Waals surface area contributed by atoms with Crippen LogP contribution < -0.4 is 5.32 Å². The minimum Gasteiger partial charge on any atom is -0.383 e. The molecule has 4 nitrogen and oxygen atoms in total. The first-order valence-corrected chi connectivity index (χ1v) is 7.40. The number of hydrogen-bond acceptors (Lipinski definition) is 4. The standard InChI is InChI=1S/C14H21N3OS/c1-11-14(8-15-5-6-18-3)12(2)17(16-11)9-13-4-7-19-10-13/h4,7,10,15H,5-6,8-9H2,1-3H3. The van der Waals surface area contributed by atoms with Crippen LogP contribution in [0.15, 0.2) is 16.8 Å². The zero-order valence-electron chi connectivity index (χ0n) is 11.8. The van der Waals surface area contributed by atoms with Crippen molar-refractivity contribution in [2.75, 3.05) is 20.3 Å². The van der Waals surface area contributed by atoms with Gasteiger partial charge in [0.15, 0.2) is 0 Å². The van der Waals surface area contributed by atoms with Crippen molar-refractivity contribution < 1.29 is 4.74 Å². The molecule has 0 radical (unpaired) electrons. The molecule has 19 heavy (non-hydrogen) atoms. The van der Waals surface area contributed by atoms with Gasteiger partial charge in [0.2, 0.25) is 0 Å². The maximum atomic E-state index is 5.03. The topological polar surface area (TPSA) is 39.1 Å². The summed E-state index contributed by atoms with van der Waals surface area (Å²) < 4.78 is 7.12. The van der Waals surface area contributed by atoms with Crippen LogP contribution in [0.1, 0.15) is 22.5 Å². The Kier molecular flexibility index (Phi) is 5.13. The van der Waals surface area contributed by atoms with Crippen LogP contribution in [0.5, 0.6) is 0 Å². The first-order valence-electron chi connectivity index (χ1n) is 6.46. The van der Waals surface area contributed by atoms with E-state index < -0.39 is 0 Å². The molecule has 0 saturated carbocycles. The molecule has 0 saturated heterocycles. The van der Waals surface area contributed by atoms with Gasteiger partial charge >= 0.3 is 0 Å². The van der Waals surface area contributed by atoms with Gasteiger partial charge in [-0.05, 0) is 36.2 Å². The first kappa shape index (κ1) is 14.2. The van der Waals surface area contributed by atoms with Crippen LogP contribution in [0.2, 0.25) is 0 Å². The highest BCUT2D eigenvalue weighted by Gasteiger charge is 2.11. The van der Waals surface area contributed by atoms with Gasteiger partial charge in [-0.3, -0.25) is 4.68 Å². The molecule has 5 heteroatoms. The Balaban J connectivity index is 2.02. The van der Waals surface area contributed by atoms with Crippen LogP contribution in [0.25, 0.3) is 0 Å². The zero-order chi connectivity index (χ0) is 13.7. The predicted molar refractivity (Wildman–Crippen MR) is 78.7 cm³/mol. The van der Waals surface area contributed by atoms with E-state index in [0.717, 1.165) is 31.9 Å². The Bertz CT molecular complexity index is 505. The molecule has 0 fully saturated rings. The smallest absolute Gasteiger partial charge is 0.0670 e. The highest BCUT2D eigenvalue weighted by atomic mass is 32.1. The van der Waals surface area contributed by atoms with Crippen LogP contribution in [0.4, 0.5) is 0 Å². The predicted octanol–water partition coefficient (Wildman–Crippen LogP) is 2.35. The van der Waals surface area contributed by atoms with E-state index in [1.165, 1.54) is 16.8 Å². The molecule has 2 aromatic rings. The molecule has 0 aliphatic rings. The van der Waals surface area contributed by atoms with Crippen molar-refractivity contribution in [1.29, 1.82) is 0 Å². The Hall–Kier alpha value is -1.17. The van der Waals surface area contributed by atoms with Crippen LogP contribution in [-0.4, -0.2) is 30.0 Å². The van der Waals surface area contributed by atoms with E-state index in [1.54, 1.807) is 18.4 Å². The van der Waals surface area contributed by atoms with Gasteiger partial charge in [-0.2, -0.15) is 16.4 Å². The van der Waals surface area contributed by atoms with E-state index in [2.05, 4.69) is 45.8 Å². The Morgan fingerprint density at radius 1 is 1.42 bits per heavy atom. The van der Waals surface area contributed by atoms with Crippen molar-refractivity contribution in [2.45, 2.75) is 26.9 Å². The second kappa shape index (κ2) is 6.84. The van der Waals surface area contributed by atoms with E-state index in [-0.39, 0.29) is 0 Å². The average molecular weight is 279 g/mol. The summed E-state index contributed by atoms with van der Waals surface area (Å²) in [4.78, 5) is 0. The van der Waals surface area contributed by atoms with Crippen molar-refractivity contribution in [2.24, 2.45) is 0 Å². The summed E-state index contributed by atoms with van der Waals surface area (Å²) in [5.74, 6) is 0. The highest BCUT2D eigenvalue weighted by Crippen LogP contribution is 2.15. The summed E-state index contributed by atoms with van der Waals surface area (Å²) in [6.07, 6.45) is 0. The fraction of sp³-hybridized carbons (Fsp3) is 0.500. The maximum Gasteiger partial charge on any atom is 0.0670 e. The monoisotopic (exact) mass is 279 g/mol. The molecule has 0 spiro atoms.